The van der Waals surface area contributed by atoms with Crippen LogP contribution < -0.4 is 15.8 Å². The fourth-order valence-corrected chi connectivity index (χ4v) is 4.85. The van der Waals surface area contributed by atoms with Crippen LogP contribution >= 0.6 is 0 Å². The largest absolute Gasteiger partial charge is 0.481 e. The van der Waals surface area contributed by atoms with Crippen LogP contribution in [0.25, 0.3) is 16.6 Å². The lowest BCUT2D eigenvalue weighted by Gasteiger charge is -2.22. The van der Waals surface area contributed by atoms with Gasteiger partial charge in [-0.15, -0.1) is 0 Å². The number of fused-ring (bicyclic) bond motifs is 1. The highest BCUT2D eigenvalue weighted by Gasteiger charge is 2.54. The summed E-state index contributed by atoms with van der Waals surface area (Å²) in [7, 11) is 1.56. The summed E-state index contributed by atoms with van der Waals surface area (Å²) in [5, 5.41) is 17.4. The van der Waals surface area contributed by atoms with E-state index in [1.54, 1.807) is 22.7 Å². The number of nitrogens with zero attached hydrogens (tertiary/aromatic N) is 5. The van der Waals surface area contributed by atoms with Crippen molar-refractivity contribution in [1.29, 1.82) is 5.26 Å². The summed E-state index contributed by atoms with van der Waals surface area (Å²) in [4.78, 5) is 31.2. The van der Waals surface area contributed by atoms with Gasteiger partial charge < -0.3 is 20.7 Å². The third kappa shape index (κ3) is 3.93. The summed E-state index contributed by atoms with van der Waals surface area (Å²) in [6.07, 6.45) is 7.08. The number of amides is 2. The summed E-state index contributed by atoms with van der Waals surface area (Å²) in [6, 6.07) is 7.74. The Morgan fingerprint density at radius 1 is 1.31 bits per heavy atom. The highest BCUT2D eigenvalue weighted by molar-refractivity contribution is 6.02. The molecular formula is C25H27N7O3. The average molecular weight is 474 g/mol. The number of primary amides is 1. The molecular weight excluding hydrogens is 446 g/mol. The molecule has 0 aromatic carbocycles. The van der Waals surface area contributed by atoms with Gasteiger partial charge in [-0.3, -0.25) is 9.59 Å². The summed E-state index contributed by atoms with van der Waals surface area (Å²) >= 11 is 0. The summed E-state index contributed by atoms with van der Waals surface area (Å²) < 4.78 is 6.94. The zero-order valence-electron chi connectivity index (χ0n) is 19.7. The van der Waals surface area contributed by atoms with E-state index in [9.17, 15) is 14.9 Å². The van der Waals surface area contributed by atoms with Gasteiger partial charge in [-0.05, 0) is 42.9 Å². The molecule has 0 bridgehead atoms. The van der Waals surface area contributed by atoms with Crippen molar-refractivity contribution in [2.45, 2.75) is 32.2 Å². The molecule has 0 unspecified atom stereocenters. The van der Waals surface area contributed by atoms with Gasteiger partial charge in [0.1, 0.15) is 5.41 Å². The molecule has 0 spiro atoms. The first-order chi connectivity index (χ1) is 16.9. The minimum atomic E-state index is -0.850. The number of methoxy groups -OCH3 is 1. The van der Waals surface area contributed by atoms with E-state index in [2.05, 4.69) is 28.4 Å². The topological polar surface area (TPSA) is 139 Å². The molecule has 180 valence electrons. The van der Waals surface area contributed by atoms with Gasteiger partial charge >= 0.3 is 0 Å². The van der Waals surface area contributed by atoms with E-state index in [0.29, 0.717) is 43.0 Å². The van der Waals surface area contributed by atoms with Crippen molar-refractivity contribution in [2.24, 2.45) is 17.1 Å². The molecule has 2 amide bonds. The number of rotatable bonds is 7. The molecule has 5 rings (SSSR count). The van der Waals surface area contributed by atoms with Crippen molar-refractivity contribution in [3.63, 3.8) is 0 Å². The third-order valence-corrected chi connectivity index (χ3v) is 7.14. The Morgan fingerprint density at radius 3 is 2.77 bits per heavy atom. The highest BCUT2D eigenvalue weighted by atomic mass is 16.5. The number of pyridine rings is 1. The summed E-state index contributed by atoms with van der Waals surface area (Å²) in [5.41, 5.74) is 8.19. The molecule has 3 aromatic rings. The fraction of sp³-hybridized carbons (Fsp3) is 0.400. The molecule has 2 aliphatic rings. The highest BCUT2D eigenvalue weighted by Crippen LogP contribution is 2.47. The average Bonchev–Trinajstić information content (AvgIpc) is 3.37. The van der Waals surface area contributed by atoms with E-state index in [-0.39, 0.29) is 23.4 Å². The zero-order valence-corrected chi connectivity index (χ0v) is 19.7. The van der Waals surface area contributed by atoms with Crippen LogP contribution in [0.15, 0.2) is 36.8 Å². The van der Waals surface area contributed by atoms with E-state index in [1.165, 1.54) is 6.20 Å². The van der Waals surface area contributed by atoms with E-state index in [1.807, 2.05) is 24.4 Å². The van der Waals surface area contributed by atoms with E-state index in [4.69, 9.17) is 10.5 Å². The van der Waals surface area contributed by atoms with Gasteiger partial charge in [0.25, 0.3) is 5.91 Å². The lowest BCUT2D eigenvalue weighted by atomic mass is 10.00. The normalized spacial score (nSPS) is 20.4. The SMILES string of the molecule is CC[C@H]1CN(C(=O)C2(C#N)CC2)C[C@H]1Nc1c(C(N)=O)cnn2cc(-c3ccnc(OC)c3)cc12. The second-order valence-corrected chi connectivity index (χ2v) is 9.27. The Kier molecular flexibility index (Phi) is 5.55. The zero-order chi connectivity index (χ0) is 24.7. The minimum Gasteiger partial charge on any atom is -0.481 e. The Hall–Kier alpha value is -4.13. The number of carbonyl (C=O) groups is 2. The van der Waals surface area contributed by atoms with Crippen LogP contribution in [0.3, 0.4) is 0 Å². The van der Waals surface area contributed by atoms with Crippen molar-refractivity contribution in [1.82, 2.24) is 19.5 Å². The number of aromatic nitrogens is 3. The number of nitrogens with one attached hydrogen (secondary N) is 1. The van der Waals surface area contributed by atoms with Gasteiger partial charge in [0.15, 0.2) is 0 Å². The van der Waals surface area contributed by atoms with Crippen molar-refractivity contribution in [2.75, 3.05) is 25.5 Å². The van der Waals surface area contributed by atoms with Crippen LogP contribution in [0.4, 0.5) is 5.69 Å². The molecule has 1 saturated carbocycles. The van der Waals surface area contributed by atoms with Crippen molar-refractivity contribution in [3.8, 4) is 23.1 Å². The Bertz CT molecular complexity index is 1350. The number of nitriles is 1. The molecule has 35 heavy (non-hydrogen) atoms. The number of hydrogen-bond donors (Lipinski definition) is 2. The van der Waals surface area contributed by atoms with E-state index in [0.717, 1.165) is 17.5 Å². The maximum atomic E-state index is 13.0. The predicted molar refractivity (Wildman–Crippen MR) is 129 cm³/mol. The molecule has 3 N–H and O–H groups in total. The molecule has 10 nitrogen and oxygen atoms in total. The van der Waals surface area contributed by atoms with Gasteiger partial charge in [-0.25, -0.2) is 9.50 Å². The summed E-state index contributed by atoms with van der Waals surface area (Å²) in [5.74, 6) is -0.0129. The van der Waals surface area contributed by atoms with Crippen molar-refractivity contribution >= 4 is 23.0 Å². The number of nitrogens with two attached hydrogens (primary N) is 1. The van der Waals surface area contributed by atoms with E-state index < -0.39 is 11.3 Å². The van der Waals surface area contributed by atoms with Crippen LogP contribution in [0, 0.1) is 22.7 Å². The quantitative estimate of drug-likeness (QED) is 0.537. The lowest BCUT2D eigenvalue weighted by Crippen LogP contribution is -2.36. The van der Waals surface area contributed by atoms with Crippen LogP contribution in [-0.4, -0.2) is 57.6 Å². The van der Waals surface area contributed by atoms with Crippen LogP contribution in [0.1, 0.15) is 36.5 Å². The monoisotopic (exact) mass is 473 g/mol. The first-order valence-electron chi connectivity index (χ1n) is 11.7. The number of ether oxygens (including phenoxy) is 1. The Labute approximate surface area is 202 Å². The third-order valence-electron chi connectivity index (χ3n) is 7.14. The molecule has 2 fully saturated rings. The van der Waals surface area contributed by atoms with Gasteiger partial charge in [-0.2, -0.15) is 10.4 Å². The number of hydrogen-bond acceptors (Lipinski definition) is 7. The van der Waals surface area contributed by atoms with Crippen molar-refractivity contribution in [3.05, 3.63) is 42.4 Å². The Balaban J connectivity index is 1.50. The number of likely N-dealkylation sites (tertiary alicyclic amines) is 1. The molecule has 1 aliphatic heterocycles. The van der Waals surface area contributed by atoms with Crippen LogP contribution in [-0.2, 0) is 4.79 Å². The smallest absolute Gasteiger partial charge is 0.252 e. The lowest BCUT2D eigenvalue weighted by molar-refractivity contribution is -0.134. The van der Waals surface area contributed by atoms with Gasteiger partial charge in [-0.1, -0.05) is 6.92 Å². The van der Waals surface area contributed by atoms with Crippen LogP contribution in [0.2, 0.25) is 0 Å². The predicted octanol–water partition coefficient (Wildman–Crippen LogP) is 2.46. The van der Waals surface area contributed by atoms with Gasteiger partial charge in [0.2, 0.25) is 11.8 Å². The molecule has 3 aromatic heterocycles. The first-order valence-corrected chi connectivity index (χ1v) is 11.7. The first kappa shape index (κ1) is 22.7. The summed E-state index contributed by atoms with van der Waals surface area (Å²) in [6.45, 7) is 3.11. The molecule has 1 saturated heterocycles. The molecule has 0 radical (unpaired) electrons. The number of carbonyl (C=O) groups excluding carboxylic acids is 2. The van der Waals surface area contributed by atoms with Crippen molar-refractivity contribution < 1.29 is 14.3 Å². The maximum absolute atomic E-state index is 13.0. The van der Waals surface area contributed by atoms with Crippen LogP contribution in [0.5, 0.6) is 5.88 Å². The number of anilines is 1. The fourth-order valence-electron chi connectivity index (χ4n) is 4.85. The molecule has 10 heteroatoms. The Morgan fingerprint density at radius 2 is 2.11 bits per heavy atom. The molecule has 1 aliphatic carbocycles. The standard InChI is InChI=1S/C25H27N7O3/c1-3-15-11-31(24(34)25(14-26)5-6-25)13-19(15)30-22-18(23(27)33)10-29-32-12-17(8-20(22)32)16-4-7-28-21(9-16)35-2/h4,7-10,12,15,19,30H,3,5-6,11,13H2,1-2H3,(H2,27,33)/t15-,19+/m0/s1. The van der Waals surface area contributed by atoms with Gasteiger partial charge in [0, 0.05) is 43.2 Å². The maximum Gasteiger partial charge on any atom is 0.252 e. The molecule has 2 atom stereocenters. The second kappa shape index (κ2) is 8.58. The minimum absolute atomic E-state index is 0.0886. The second-order valence-electron chi connectivity index (χ2n) is 9.27. The van der Waals surface area contributed by atoms with Gasteiger partial charge in [0.05, 0.1) is 36.1 Å². The molecule has 4 heterocycles. The van der Waals surface area contributed by atoms with E-state index >= 15 is 0 Å².